The van der Waals surface area contributed by atoms with Crippen LogP contribution in [0.4, 0.5) is 0 Å². The summed E-state index contributed by atoms with van der Waals surface area (Å²) in [4.78, 5) is 2.65. The van der Waals surface area contributed by atoms with Gasteiger partial charge in [0.15, 0.2) is 0 Å². The highest BCUT2D eigenvalue weighted by Crippen LogP contribution is 2.30. The Kier molecular flexibility index (Phi) is 36.3. The van der Waals surface area contributed by atoms with E-state index < -0.39 is 0 Å². The maximum atomic E-state index is 4.05. The van der Waals surface area contributed by atoms with Crippen LogP contribution in [0.1, 0.15) is 297 Å². The van der Waals surface area contributed by atoms with Gasteiger partial charge in [-0.15, -0.1) is 0 Å². The number of nitrogens with zero attached hydrogens (tertiary/aromatic N) is 1. The summed E-state index contributed by atoms with van der Waals surface area (Å²) in [6.07, 6.45) is 63.3. The van der Waals surface area contributed by atoms with Gasteiger partial charge in [0.05, 0.1) is 0 Å². The molecule has 2 heteroatoms. The number of hydrogen-bond donors (Lipinski definition) is 1. The van der Waals surface area contributed by atoms with Crippen LogP contribution in [-0.4, -0.2) is 37.1 Å². The summed E-state index contributed by atoms with van der Waals surface area (Å²) >= 11 is 0. The molecular weight excluding hydrogens is 677 g/mol. The van der Waals surface area contributed by atoms with Gasteiger partial charge in [-0.25, -0.2) is 0 Å². The van der Waals surface area contributed by atoms with Crippen molar-refractivity contribution in [3.8, 4) is 0 Å². The van der Waals surface area contributed by atoms with E-state index in [1.807, 2.05) is 0 Å². The molecule has 2 aliphatic carbocycles. The van der Waals surface area contributed by atoms with Crippen molar-refractivity contribution in [3.05, 3.63) is 0 Å². The molecule has 334 valence electrons. The molecule has 2 aliphatic rings. The van der Waals surface area contributed by atoms with E-state index in [0.717, 1.165) is 29.8 Å². The van der Waals surface area contributed by atoms with Gasteiger partial charge in [-0.05, 0) is 76.3 Å². The van der Waals surface area contributed by atoms with E-state index >= 15 is 0 Å². The molecule has 0 saturated heterocycles. The zero-order valence-corrected chi connectivity index (χ0v) is 39.7. The number of unbranched alkanes of at least 4 members (excludes halogenated alkanes) is 29. The highest BCUT2D eigenvalue weighted by atomic mass is 15.1. The molecule has 0 radical (unpaired) electrons. The Morgan fingerprint density at radius 1 is 0.429 bits per heavy atom. The van der Waals surface area contributed by atoms with Gasteiger partial charge in [0.25, 0.3) is 0 Å². The topological polar surface area (TPSA) is 15.3 Å². The van der Waals surface area contributed by atoms with Gasteiger partial charge in [0.2, 0.25) is 0 Å². The molecule has 0 amide bonds. The molecule has 3 atom stereocenters. The van der Waals surface area contributed by atoms with Crippen molar-refractivity contribution < 1.29 is 0 Å². The van der Waals surface area contributed by atoms with Crippen molar-refractivity contribution in [2.45, 2.75) is 309 Å². The fourth-order valence-electron chi connectivity index (χ4n) is 10.2. The van der Waals surface area contributed by atoms with Crippen LogP contribution in [0, 0.1) is 17.8 Å². The van der Waals surface area contributed by atoms with Gasteiger partial charge in [-0.3, -0.25) is 0 Å². The average Bonchev–Trinajstić information content (AvgIpc) is 3.14. The van der Waals surface area contributed by atoms with Crippen LogP contribution in [0.5, 0.6) is 0 Å². The third-order valence-corrected chi connectivity index (χ3v) is 14.8. The lowest BCUT2D eigenvalue weighted by atomic mass is 9.83. The minimum atomic E-state index is 0.845. The molecule has 0 spiro atoms. The molecule has 0 aromatic carbocycles. The van der Waals surface area contributed by atoms with Crippen molar-refractivity contribution in [3.63, 3.8) is 0 Å². The summed E-state index contributed by atoms with van der Waals surface area (Å²) in [5.41, 5.74) is 0. The Labute approximate surface area is 355 Å². The Morgan fingerprint density at radius 2 is 0.768 bits per heavy atom. The maximum Gasteiger partial charge on any atom is 0.00923 e. The van der Waals surface area contributed by atoms with Gasteiger partial charge in [-0.2, -0.15) is 0 Å². The second-order valence-electron chi connectivity index (χ2n) is 20.4. The van der Waals surface area contributed by atoms with Crippen molar-refractivity contribution in [2.24, 2.45) is 17.8 Å². The van der Waals surface area contributed by atoms with E-state index in [1.165, 1.54) is 289 Å². The first-order valence-electron chi connectivity index (χ1n) is 27.1. The molecule has 3 unspecified atom stereocenters. The van der Waals surface area contributed by atoms with E-state index in [1.54, 1.807) is 0 Å². The summed E-state index contributed by atoms with van der Waals surface area (Å²) in [5.74, 6) is 2.79. The van der Waals surface area contributed by atoms with Gasteiger partial charge in [0.1, 0.15) is 0 Å². The van der Waals surface area contributed by atoms with Gasteiger partial charge < -0.3 is 10.2 Å². The highest BCUT2D eigenvalue weighted by Gasteiger charge is 2.23. The van der Waals surface area contributed by atoms with Crippen molar-refractivity contribution >= 4 is 0 Å². The first-order chi connectivity index (χ1) is 27.6. The van der Waals surface area contributed by atoms with Gasteiger partial charge in [-0.1, -0.05) is 252 Å². The second-order valence-corrected chi connectivity index (χ2v) is 20.4. The Balaban J connectivity index is 1.58. The minimum Gasteiger partial charge on any atom is -0.314 e. The monoisotopic (exact) mass is 785 g/mol. The lowest BCUT2D eigenvalue weighted by Gasteiger charge is -2.36. The van der Waals surface area contributed by atoms with Gasteiger partial charge >= 0.3 is 0 Å². The normalized spacial score (nSPS) is 16.7. The summed E-state index contributed by atoms with van der Waals surface area (Å²) in [7, 11) is 2.36. The molecule has 0 aliphatic heterocycles. The van der Waals surface area contributed by atoms with Crippen LogP contribution in [0.25, 0.3) is 0 Å². The maximum absolute atomic E-state index is 4.05. The summed E-state index contributed by atoms with van der Waals surface area (Å²) < 4.78 is 0. The standard InChI is InChI=1S/C54H108N2/c1-5-7-9-11-13-15-16-20-24-28-32-36-42-52(48-55-53-43-37-44-53)47-51(40-34-30-26-14-12-10-8-6-2)41-35-31-27-23-21-18-17-19-22-25-29-33-39-50(3)49-56(4)54-45-38-46-54/h50-55H,5-49H2,1-4H3. The molecule has 2 fully saturated rings. The molecule has 1 N–H and O–H groups in total. The van der Waals surface area contributed by atoms with Gasteiger partial charge in [0, 0.05) is 18.6 Å². The molecule has 0 bridgehead atoms. The first kappa shape index (κ1) is 52.1. The quantitative estimate of drug-likeness (QED) is 0.0619. The number of nitrogens with one attached hydrogen (secondary N) is 1. The second kappa shape index (κ2) is 39.1. The molecule has 0 aromatic rings. The zero-order chi connectivity index (χ0) is 40.0. The van der Waals surface area contributed by atoms with Crippen LogP contribution in [0.2, 0.25) is 0 Å². The van der Waals surface area contributed by atoms with Crippen LogP contribution in [0.15, 0.2) is 0 Å². The van der Waals surface area contributed by atoms with E-state index in [0.29, 0.717) is 0 Å². The molecule has 0 aromatic heterocycles. The lowest BCUT2D eigenvalue weighted by molar-refractivity contribution is 0.138. The van der Waals surface area contributed by atoms with Crippen LogP contribution < -0.4 is 5.32 Å². The molecule has 2 saturated carbocycles. The summed E-state index contributed by atoms with van der Waals surface area (Å²) in [6.45, 7) is 9.79. The van der Waals surface area contributed by atoms with Crippen molar-refractivity contribution in [1.29, 1.82) is 0 Å². The predicted octanol–water partition coefficient (Wildman–Crippen LogP) is 18.0. The fraction of sp³-hybridized carbons (Fsp3) is 1.00. The zero-order valence-electron chi connectivity index (χ0n) is 39.7. The minimum absolute atomic E-state index is 0.845. The Bertz CT molecular complexity index is 772. The summed E-state index contributed by atoms with van der Waals surface area (Å²) in [5, 5.41) is 4.05. The number of rotatable bonds is 45. The van der Waals surface area contributed by atoms with E-state index in [2.05, 4.69) is 38.0 Å². The molecule has 56 heavy (non-hydrogen) atoms. The third kappa shape index (κ3) is 30.9. The molecule has 2 rings (SSSR count). The SMILES string of the molecule is CCCCCCCCCCCCCCC(CNC1CCC1)CC(CCCCCCCCCC)CCCCCCCCCCCCCCC(C)CN(C)C1CCC1. The van der Waals surface area contributed by atoms with Crippen LogP contribution in [-0.2, 0) is 0 Å². The number of hydrogen-bond acceptors (Lipinski definition) is 2. The molecular formula is C54H108N2. The van der Waals surface area contributed by atoms with E-state index in [-0.39, 0.29) is 0 Å². The van der Waals surface area contributed by atoms with E-state index in [9.17, 15) is 0 Å². The highest BCUT2D eigenvalue weighted by molar-refractivity contribution is 4.80. The van der Waals surface area contributed by atoms with Crippen LogP contribution >= 0.6 is 0 Å². The average molecular weight is 785 g/mol. The third-order valence-electron chi connectivity index (χ3n) is 14.8. The largest absolute Gasteiger partial charge is 0.314 e. The molecule has 2 nitrogen and oxygen atoms in total. The fourth-order valence-corrected chi connectivity index (χ4v) is 10.2. The Hall–Kier alpha value is -0.0800. The smallest absolute Gasteiger partial charge is 0.00923 e. The summed E-state index contributed by atoms with van der Waals surface area (Å²) in [6, 6.07) is 1.75. The first-order valence-corrected chi connectivity index (χ1v) is 27.1. The Morgan fingerprint density at radius 3 is 1.11 bits per heavy atom. The van der Waals surface area contributed by atoms with Crippen molar-refractivity contribution in [1.82, 2.24) is 10.2 Å². The van der Waals surface area contributed by atoms with E-state index in [4.69, 9.17) is 0 Å². The van der Waals surface area contributed by atoms with Crippen LogP contribution in [0.3, 0.4) is 0 Å². The van der Waals surface area contributed by atoms with Crippen molar-refractivity contribution in [2.75, 3.05) is 20.1 Å². The molecule has 0 heterocycles. The predicted molar refractivity (Wildman–Crippen MR) is 254 cm³/mol. The lowest BCUT2D eigenvalue weighted by Crippen LogP contribution is -2.39.